The number of amides is 2. The number of carboxylic acids is 2. The highest BCUT2D eigenvalue weighted by Gasteiger charge is 2.15. The standard InChI is InChI=1S/C17H22N4O4S.C4H4O4/c1-21(2)8-7-18-16(23)12-10-26-17(19-12)20-15(22)11-5-6-13(24-3)14(9-11)25-4;5-3(6)1-2-4(7)8/h5-6,9-10H,7-8H2,1-4H3,(H,18,23)(H,19,20,22);1-2H,(H,5,6)(H,7,8)/b;2-1-. The number of ether oxygens (including phenoxy) is 2. The van der Waals surface area contributed by atoms with Gasteiger partial charge in [0.15, 0.2) is 16.6 Å². The molecule has 0 aliphatic rings. The van der Waals surface area contributed by atoms with E-state index in [9.17, 15) is 19.2 Å². The molecule has 1 aromatic carbocycles. The number of hydrogen-bond acceptors (Lipinski definition) is 9. The minimum absolute atomic E-state index is 0.269. The fraction of sp³-hybridized carbons (Fsp3) is 0.286. The molecular weight excluding hydrogens is 468 g/mol. The van der Waals surface area contributed by atoms with E-state index in [0.29, 0.717) is 40.9 Å². The highest BCUT2D eigenvalue weighted by atomic mass is 32.1. The van der Waals surface area contributed by atoms with Crippen molar-refractivity contribution in [3.63, 3.8) is 0 Å². The Balaban J connectivity index is 0.000000620. The molecule has 0 saturated heterocycles. The first-order chi connectivity index (χ1) is 16.1. The molecule has 0 unspecified atom stereocenters. The first-order valence-corrected chi connectivity index (χ1v) is 10.5. The van der Waals surface area contributed by atoms with E-state index in [4.69, 9.17) is 19.7 Å². The number of thiazole rings is 1. The number of nitrogens with zero attached hydrogens (tertiary/aromatic N) is 2. The smallest absolute Gasteiger partial charge is 0.328 e. The van der Waals surface area contributed by atoms with Crippen LogP contribution in [0.15, 0.2) is 35.7 Å². The number of hydrogen-bond donors (Lipinski definition) is 4. The van der Waals surface area contributed by atoms with E-state index in [0.717, 1.165) is 6.54 Å². The number of carbonyl (C=O) groups is 4. The molecule has 1 aromatic heterocycles. The number of carboxylic acid groups (broad SMARTS) is 2. The van der Waals surface area contributed by atoms with E-state index in [2.05, 4.69) is 15.6 Å². The lowest BCUT2D eigenvalue weighted by atomic mass is 10.2. The van der Waals surface area contributed by atoms with Crippen LogP contribution < -0.4 is 20.1 Å². The van der Waals surface area contributed by atoms with Crippen molar-refractivity contribution >= 4 is 40.2 Å². The van der Waals surface area contributed by atoms with Crippen molar-refractivity contribution in [2.75, 3.05) is 46.7 Å². The highest BCUT2D eigenvalue weighted by molar-refractivity contribution is 7.14. The minimum Gasteiger partial charge on any atom is -0.493 e. The van der Waals surface area contributed by atoms with Gasteiger partial charge in [0.1, 0.15) is 5.69 Å². The first-order valence-electron chi connectivity index (χ1n) is 9.63. The van der Waals surface area contributed by atoms with Gasteiger partial charge in [-0.1, -0.05) is 0 Å². The summed E-state index contributed by atoms with van der Waals surface area (Å²) in [5, 5.41) is 23.0. The van der Waals surface area contributed by atoms with Gasteiger partial charge in [-0.3, -0.25) is 14.9 Å². The Labute approximate surface area is 199 Å². The van der Waals surface area contributed by atoms with Crippen LogP contribution in [0.5, 0.6) is 11.5 Å². The molecule has 0 radical (unpaired) electrons. The Bertz CT molecular complexity index is 1020. The van der Waals surface area contributed by atoms with E-state index >= 15 is 0 Å². The van der Waals surface area contributed by atoms with E-state index in [1.807, 2.05) is 19.0 Å². The molecule has 0 saturated carbocycles. The van der Waals surface area contributed by atoms with Gasteiger partial charge >= 0.3 is 11.9 Å². The van der Waals surface area contributed by atoms with Crippen LogP contribution >= 0.6 is 11.3 Å². The molecule has 0 bridgehead atoms. The van der Waals surface area contributed by atoms with Gasteiger partial charge in [-0.15, -0.1) is 11.3 Å². The molecular formula is C21H26N4O8S. The largest absolute Gasteiger partial charge is 0.493 e. The maximum absolute atomic E-state index is 12.4. The van der Waals surface area contributed by atoms with Gasteiger partial charge < -0.3 is 29.9 Å². The number of rotatable bonds is 10. The van der Waals surface area contributed by atoms with Crippen LogP contribution in [-0.2, 0) is 9.59 Å². The predicted molar refractivity (Wildman–Crippen MR) is 125 cm³/mol. The zero-order chi connectivity index (χ0) is 25.7. The molecule has 0 aliphatic carbocycles. The van der Waals surface area contributed by atoms with Gasteiger partial charge in [0.05, 0.1) is 14.2 Å². The molecule has 0 fully saturated rings. The van der Waals surface area contributed by atoms with Crippen LogP contribution in [0, 0.1) is 0 Å². The average molecular weight is 495 g/mol. The van der Waals surface area contributed by atoms with Gasteiger partial charge in [0.25, 0.3) is 11.8 Å². The molecule has 0 atom stereocenters. The van der Waals surface area contributed by atoms with Gasteiger partial charge in [0.2, 0.25) is 0 Å². The SMILES string of the molecule is COc1ccc(C(=O)Nc2nc(C(=O)NCCN(C)C)cs2)cc1OC.O=C(O)/C=C\C(=O)O. The van der Waals surface area contributed by atoms with E-state index < -0.39 is 11.9 Å². The summed E-state index contributed by atoms with van der Waals surface area (Å²) < 4.78 is 10.3. The topological polar surface area (TPSA) is 167 Å². The Hall–Kier alpha value is -3.97. The second-order valence-corrected chi connectivity index (χ2v) is 7.49. The monoisotopic (exact) mass is 494 g/mol. The Kier molecular flexibility index (Phi) is 11.7. The number of aliphatic carboxylic acids is 2. The summed E-state index contributed by atoms with van der Waals surface area (Å²) in [6.45, 7) is 1.26. The van der Waals surface area contributed by atoms with Crippen LogP contribution in [0.3, 0.4) is 0 Å². The second kappa shape index (κ2) is 14.2. The summed E-state index contributed by atoms with van der Waals surface area (Å²) in [5.74, 6) is -2.13. The van der Waals surface area contributed by atoms with E-state index in [1.54, 1.807) is 23.6 Å². The number of aromatic nitrogens is 1. The van der Waals surface area contributed by atoms with Crippen molar-refractivity contribution in [1.29, 1.82) is 0 Å². The molecule has 13 heteroatoms. The maximum Gasteiger partial charge on any atom is 0.328 e. The molecule has 2 rings (SSSR count). The summed E-state index contributed by atoms with van der Waals surface area (Å²) in [6.07, 6.45) is 1.12. The lowest BCUT2D eigenvalue weighted by Gasteiger charge is -2.09. The summed E-state index contributed by atoms with van der Waals surface area (Å²) in [5.41, 5.74) is 0.672. The molecule has 2 amide bonds. The molecule has 12 nitrogen and oxygen atoms in total. The van der Waals surface area contributed by atoms with Crippen molar-refractivity contribution in [3.8, 4) is 11.5 Å². The van der Waals surface area contributed by atoms with Crippen LogP contribution in [0.1, 0.15) is 20.8 Å². The average Bonchev–Trinajstić information content (AvgIpc) is 3.25. The maximum atomic E-state index is 12.4. The molecule has 2 aromatic rings. The van der Waals surface area contributed by atoms with Crippen LogP contribution in [0.4, 0.5) is 5.13 Å². The molecule has 184 valence electrons. The molecule has 4 N–H and O–H groups in total. The van der Waals surface area contributed by atoms with Crippen molar-refractivity contribution in [3.05, 3.63) is 47.0 Å². The Morgan fingerprint density at radius 3 is 2.18 bits per heavy atom. The predicted octanol–water partition coefficient (Wildman–Crippen LogP) is 1.42. The van der Waals surface area contributed by atoms with E-state index in [-0.39, 0.29) is 17.5 Å². The van der Waals surface area contributed by atoms with Crippen molar-refractivity contribution in [2.45, 2.75) is 0 Å². The van der Waals surface area contributed by atoms with Gasteiger partial charge in [0, 0.05) is 36.2 Å². The molecule has 34 heavy (non-hydrogen) atoms. The zero-order valence-electron chi connectivity index (χ0n) is 19.0. The van der Waals surface area contributed by atoms with Crippen LogP contribution in [0.2, 0.25) is 0 Å². The summed E-state index contributed by atoms with van der Waals surface area (Å²) in [7, 11) is 6.88. The quantitative estimate of drug-likeness (QED) is 0.355. The fourth-order valence-electron chi connectivity index (χ4n) is 2.21. The Morgan fingerprint density at radius 2 is 1.65 bits per heavy atom. The Morgan fingerprint density at radius 1 is 1.03 bits per heavy atom. The summed E-state index contributed by atoms with van der Waals surface area (Å²) in [4.78, 5) is 49.6. The number of likely N-dealkylation sites (N-methyl/N-ethyl adjacent to an activating group) is 1. The van der Waals surface area contributed by atoms with Crippen molar-refractivity contribution in [2.24, 2.45) is 0 Å². The summed E-state index contributed by atoms with van der Waals surface area (Å²) in [6, 6.07) is 4.86. The third-order valence-electron chi connectivity index (χ3n) is 3.82. The van der Waals surface area contributed by atoms with Gasteiger partial charge in [-0.25, -0.2) is 14.6 Å². The third-order valence-corrected chi connectivity index (χ3v) is 4.57. The van der Waals surface area contributed by atoms with Crippen LogP contribution in [0.25, 0.3) is 0 Å². The zero-order valence-corrected chi connectivity index (χ0v) is 19.8. The molecule has 0 aliphatic heterocycles. The number of nitrogens with one attached hydrogen (secondary N) is 2. The first kappa shape index (κ1) is 28.1. The normalized spacial score (nSPS) is 10.3. The third kappa shape index (κ3) is 10.1. The van der Waals surface area contributed by atoms with E-state index in [1.165, 1.54) is 25.6 Å². The van der Waals surface area contributed by atoms with Crippen molar-refractivity contribution in [1.82, 2.24) is 15.2 Å². The molecule has 1 heterocycles. The highest BCUT2D eigenvalue weighted by Crippen LogP contribution is 2.28. The lowest BCUT2D eigenvalue weighted by Crippen LogP contribution is -2.31. The van der Waals surface area contributed by atoms with Crippen LogP contribution in [-0.4, -0.2) is 85.3 Å². The number of carbonyl (C=O) groups excluding carboxylic acids is 2. The fourth-order valence-corrected chi connectivity index (χ4v) is 2.89. The number of benzene rings is 1. The minimum atomic E-state index is -1.26. The summed E-state index contributed by atoms with van der Waals surface area (Å²) >= 11 is 1.19. The van der Waals surface area contributed by atoms with Gasteiger partial charge in [-0.05, 0) is 32.3 Å². The van der Waals surface area contributed by atoms with Crippen molar-refractivity contribution < 1.29 is 38.9 Å². The lowest BCUT2D eigenvalue weighted by molar-refractivity contribution is -0.134. The van der Waals surface area contributed by atoms with Gasteiger partial charge in [-0.2, -0.15) is 0 Å². The molecule has 0 spiro atoms. The number of methoxy groups -OCH3 is 2. The second-order valence-electron chi connectivity index (χ2n) is 6.63. The number of anilines is 1.